The Hall–Kier alpha value is -1.36. The molecule has 0 bridgehead atoms. The first-order valence-corrected chi connectivity index (χ1v) is 8.06. The van der Waals surface area contributed by atoms with E-state index in [1.54, 1.807) is 6.07 Å². The van der Waals surface area contributed by atoms with E-state index in [-0.39, 0.29) is 5.91 Å². The third-order valence-corrected chi connectivity index (χ3v) is 4.96. The number of carbonyl (C=O) groups is 1. The van der Waals surface area contributed by atoms with E-state index in [4.69, 9.17) is 4.52 Å². The Balaban J connectivity index is 1.69. The third-order valence-electron chi connectivity index (χ3n) is 4.96. The van der Waals surface area contributed by atoms with Crippen LogP contribution in [0.3, 0.4) is 0 Å². The average molecular weight is 291 g/mol. The molecule has 5 nitrogen and oxygen atoms in total. The van der Waals surface area contributed by atoms with E-state index in [9.17, 15) is 4.79 Å². The lowest BCUT2D eigenvalue weighted by Gasteiger charge is -2.41. The van der Waals surface area contributed by atoms with Crippen molar-refractivity contribution in [2.75, 3.05) is 13.1 Å². The van der Waals surface area contributed by atoms with E-state index < -0.39 is 0 Å². The minimum atomic E-state index is -0.0141. The van der Waals surface area contributed by atoms with Crippen molar-refractivity contribution < 1.29 is 9.32 Å². The highest BCUT2D eigenvalue weighted by molar-refractivity contribution is 5.91. The van der Waals surface area contributed by atoms with Crippen molar-refractivity contribution in [3.63, 3.8) is 0 Å². The Morgan fingerprint density at radius 2 is 2.00 bits per heavy atom. The number of aromatic nitrogens is 1. The lowest BCUT2D eigenvalue weighted by molar-refractivity contribution is 0.0456. The molecule has 0 aliphatic carbocycles. The van der Waals surface area contributed by atoms with Crippen molar-refractivity contribution in [1.82, 2.24) is 15.0 Å². The fraction of sp³-hybridized carbons (Fsp3) is 0.750. The summed E-state index contributed by atoms with van der Waals surface area (Å²) in [5.74, 6) is 0.357. The standard InChI is InChI=1S/C16H25N3O2/c1-11-9-15(21-17-11)16(20)18-8-4-5-14(10-18)19-12(2)6-7-13(19)3/h9,12-14H,4-8,10H2,1-3H3/t12-,13-,14+/m1/s1. The van der Waals surface area contributed by atoms with Crippen LogP contribution in [0, 0.1) is 6.92 Å². The zero-order valence-electron chi connectivity index (χ0n) is 13.2. The van der Waals surface area contributed by atoms with Gasteiger partial charge in [-0.2, -0.15) is 0 Å². The lowest BCUT2D eigenvalue weighted by atomic mass is 10.0. The van der Waals surface area contributed by atoms with Crippen LogP contribution in [0.2, 0.25) is 0 Å². The van der Waals surface area contributed by atoms with Crippen LogP contribution in [0.4, 0.5) is 0 Å². The second-order valence-electron chi connectivity index (χ2n) is 6.60. The predicted octanol–water partition coefficient (Wildman–Crippen LogP) is 2.46. The fourth-order valence-corrected chi connectivity index (χ4v) is 3.94. The molecule has 2 fully saturated rings. The number of rotatable bonds is 2. The monoisotopic (exact) mass is 291 g/mol. The Morgan fingerprint density at radius 1 is 1.29 bits per heavy atom. The van der Waals surface area contributed by atoms with Gasteiger partial charge in [-0.1, -0.05) is 5.16 Å². The number of amides is 1. The first-order valence-electron chi connectivity index (χ1n) is 8.06. The Morgan fingerprint density at radius 3 is 2.62 bits per heavy atom. The molecule has 2 aliphatic heterocycles. The number of likely N-dealkylation sites (tertiary alicyclic amines) is 2. The van der Waals surface area contributed by atoms with Crippen molar-refractivity contribution in [3.8, 4) is 0 Å². The van der Waals surface area contributed by atoms with Crippen molar-refractivity contribution in [3.05, 3.63) is 17.5 Å². The molecule has 3 atom stereocenters. The molecule has 0 N–H and O–H groups in total. The second kappa shape index (κ2) is 5.79. The Bertz CT molecular complexity index is 503. The third kappa shape index (κ3) is 2.84. The van der Waals surface area contributed by atoms with Gasteiger partial charge in [-0.15, -0.1) is 0 Å². The van der Waals surface area contributed by atoms with Crippen LogP contribution >= 0.6 is 0 Å². The summed E-state index contributed by atoms with van der Waals surface area (Å²) < 4.78 is 5.13. The first kappa shape index (κ1) is 14.6. The van der Waals surface area contributed by atoms with Crippen LogP contribution in [-0.4, -0.2) is 52.1 Å². The molecule has 2 aliphatic rings. The molecule has 21 heavy (non-hydrogen) atoms. The number of hydrogen-bond acceptors (Lipinski definition) is 4. The summed E-state index contributed by atoms with van der Waals surface area (Å²) in [4.78, 5) is 17.1. The van der Waals surface area contributed by atoms with Crippen LogP contribution < -0.4 is 0 Å². The highest BCUT2D eigenvalue weighted by atomic mass is 16.5. The molecule has 2 saturated heterocycles. The average Bonchev–Trinajstić information content (AvgIpc) is 3.04. The lowest BCUT2D eigenvalue weighted by Crippen LogP contribution is -2.52. The summed E-state index contributed by atoms with van der Waals surface area (Å²) in [5.41, 5.74) is 0.758. The SMILES string of the molecule is Cc1cc(C(=O)N2CCC[C@H](N3[C@H](C)CC[C@H]3C)C2)on1. The summed E-state index contributed by atoms with van der Waals surface area (Å²) in [6.45, 7) is 8.10. The van der Waals surface area contributed by atoms with Crippen LogP contribution in [0.25, 0.3) is 0 Å². The fourth-order valence-electron chi connectivity index (χ4n) is 3.94. The van der Waals surface area contributed by atoms with E-state index in [1.165, 1.54) is 19.3 Å². The summed E-state index contributed by atoms with van der Waals surface area (Å²) in [6.07, 6.45) is 4.80. The van der Waals surface area contributed by atoms with E-state index in [0.29, 0.717) is 23.9 Å². The van der Waals surface area contributed by atoms with Crippen molar-refractivity contribution >= 4 is 5.91 Å². The summed E-state index contributed by atoms with van der Waals surface area (Å²) in [6, 6.07) is 3.48. The summed E-state index contributed by atoms with van der Waals surface area (Å²) in [5, 5.41) is 3.82. The van der Waals surface area contributed by atoms with E-state index in [0.717, 1.165) is 25.2 Å². The number of aryl methyl sites for hydroxylation is 1. The van der Waals surface area contributed by atoms with Gasteiger partial charge in [-0.3, -0.25) is 9.69 Å². The Labute approximate surface area is 126 Å². The van der Waals surface area contributed by atoms with Crippen LogP contribution in [0.5, 0.6) is 0 Å². The maximum Gasteiger partial charge on any atom is 0.292 e. The molecule has 1 aromatic rings. The topological polar surface area (TPSA) is 49.6 Å². The molecule has 3 heterocycles. The summed E-state index contributed by atoms with van der Waals surface area (Å²) >= 11 is 0. The zero-order valence-corrected chi connectivity index (χ0v) is 13.2. The largest absolute Gasteiger partial charge is 0.351 e. The van der Waals surface area contributed by atoms with Gasteiger partial charge in [0.25, 0.3) is 5.91 Å². The first-order chi connectivity index (χ1) is 10.1. The van der Waals surface area contributed by atoms with Crippen molar-refractivity contribution in [2.24, 2.45) is 0 Å². The number of carbonyl (C=O) groups excluding carboxylic acids is 1. The highest BCUT2D eigenvalue weighted by Crippen LogP contribution is 2.30. The van der Waals surface area contributed by atoms with Gasteiger partial charge in [-0.25, -0.2) is 0 Å². The minimum absolute atomic E-state index is 0.0141. The number of piperidine rings is 1. The molecule has 1 amide bonds. The molecular weight excluding hydrogens is 266 g/mol. The highest BCUT2D eigenvalue weighted by Gasteiger charge is 2.36. The van der Waals surface area contributed by atoms with Gasteiger partial charge in [0.1, 0.15) is 0 Å². The molecule has 3 rings (SSSR count). The van der Waals surface area contributed by atoms with E-state index >= 15 is 0 Å². The predicted molar refractivity (Wildman–Crippen MR) is 80.2 cm³/mol. The zero-order chi connectivity index (χ0) is 15.0. The molecule has 0 radical (unpaired) electrons. The molecule has 0 aromatic carbocycles. The van der Waals surface area contributed by atoms with Crippen LogP contribution in [-0.2, 0) is 0 Å². The molecule has 0 saturated carbocycles. The van der Waals surface area contributed by atoms with Crippen molar-refractivity contribution in [2.45, 2.75) is 64.6 Å². The number of nitrogens with zero attached hydrogens (tertiary/aromatic N) is 3. The molecule has 0 spiro atoms. The van der Waals surface area contributed by atoms with Crippen LogP contribution in [0.15, 0.2) is 10.6 Å². The van der Waals surface area contributed by atoms with Gasteiger partial charge in [0, 0.05) is 37.3 Å². The molecule has 0 unspecified atom stereocenters. The van der Waals surface area contributed by atoms with Gasteiger partial charge in [-0.05, 0) is 46.5 Å². The van der Waals surface area contributed by atoms with E-state index in [1.807, 2.05) is 11.8 Å². The van der Waals surface area contributed by atoms with Gasteiger partial charge >= 0.3 is 0 Å². The smallest absolute Gasteiger partial charge is 0.292 e. The molecule has 1 aromatic heterocycles. The maximum absolute atomic E-state index is 12.5. The molecular formula is C16H25N3O2. The van der Waals surface area contributed by atoms with Gasteiger partial charge in [0.2, 0.25) is 5.76 Å². The Kier molecular flexibility index (Phi) is 4.02. The van der Waals surface area contributed by atoms with Crippen molar-refractivity contribution in [1.29, 1.82) is 0 Å². The quantitative estimate of drug-likeness (QED) is 0.840. The second-order valence-corrected chi connectivity index (χ2v) is 6.60. The van der Waals surface area contributed by atoms with E-state index in [2.05, 4.69) is 23.9 Å². The summed E-state index contributed by atoms with van der Waals surface area (Å²) in [7, 11) is 0. The van der Waals surface area contributed by atoms with Gasteiger partial charge in [0.05, 0.1) is 5.69 Å². The van der Waals surface area contributed by atoms with Crippen LogP contribution in [0.1, 0.15) is 55.8 Å². The maximum atomic E-state index is 12.5. The molecule has 116 valence electrons. The van der Waals surface area contributed by atoms with Gasteiger partial charge in [0.15, 0.2) is 0 Å². The molecule has 5 heteroatoms. The normalized spacial score (nSPS) is 30.8. The minimum Gasteiger partial charge on any atom is -0.351 e. The number of hydrogen-bond donors (Lipinski definition) is 0. The van der Waals surface area contributed by atoms with Gasteiger partial charge < -0.3 is 9.42 Å².